The summed E-state index contributed by atoms with van der Waals surface area (Å²) >= 11 is 6.01. The third-order valence-electron chi connectivity index (χ3n) is 4.57. The first kappa shape index (κ1) is 20.2. The maximum Gasteiger partial charge on any atom is 0.295 e. The number of hydrogen-bond donors (Lipinski definition) is 1. The van der Waals surface area contributed by atoms with Crippen molar-refractivity contribution in [2.45, 2.75) is 6.92 Å². The number of nitrogens with zero attached hydrogens (tertiary/aromatic N) is 4. The van der Waals surface area contributed by atoms with Crippen molar-refractivity contribution in [1.82, 2.24) is 14.8 Å². The van der Waals surface area contributed by atoms with Gasteiger partial charge in [0.2, 0.25) is 5.82 Å². The Morgan fingerprint density at radius 1 is 1.06 bits per heavy atom. The molecule has 1 aromatic heterocycles. The van der Waals surface area contributed by atoms with Gasteiger partial charge in [-0.3, -0.25) is 14.9 Å². The molecule has 0 atom stereocenters. The Morgan fingerprint density at radius 2 is 1.81 bits per heavy atom. The van der Waals surface area contributed by atoms with E-state index in [1.54, 1.807) is 35.0 Å². The molecule has 0 aliphatic heterocycles. The summed E-state index contributed by atoms with van der Waals surface area (Å²) in [6.45, 7) is 1.94. The van der Waals surface area contributed by atoms with Crippen LogP contribution < -0.4 is 5.32 Å². The summed E-state index contributed by atoms with van der Waals surface area (Å²) in [6.07, 6.45) is 0. The molecule has 154 valence electrons. The van der Waals surface area contributed by atoms with Crippen LogP contribution in [0.3, 0.4) is 0 Å². The van der Waals surface area contributed by atoms with Crippen molar-refractivity contribution in [1.29, 1.82) is 0 Å². The number of halogens is 1. The monoisotopic (exact) mass is 433 g/mol. The number of aromatic nitrogens is 3. The van der Waals surface area contributed by atoms with Gasteiger partial charge in [-0.2, -0.15) is 0 Å². The number of anilines is 1. The fraction of sp³-hybridized carbons (Fsp3) is 0.0455. The van der Waals surface area contributed by atoms with E-state index in [-0.39, 0.29) is 17.2 Å². The van der Waals surface area contributed by atoms with Gasteiger partial charge in [-0.15, -0.1) is 5.10 Å². The zero-order chi connectivity index (χ0) is 22.0. The van der Waals surface area contributed by atoms with Crippen molar-refractivity contribution in [3.8, 4) is 17.1 Å². The first-order chi connectivity index (χ1) is 14.9. The van der Waals surface area contributed by atoms with Gasteiger partial charge in [0.15, 0.2) is 5.82 Å². The second kappa shape index (κ2) is 8.37. The minimum atomic E-state index is -0.581. The molecule has 31 heavy (non-hydrogen) atoms. The van der Waals surface area contributed by atoms with Crippen molar-refractivity contribution >= 4 is 28.9 Å². The standard InChI is InChI=1S/C22H16ClN5O3/c1-14-5-2-3-8-19(14)27-21(15-9-11-16(23)12-10-15)25-20(26-27)22(29)24-17-6-4-7-18(13-17)28(30)31/h2-13H,1H3,(H,24,29). The number of nitro groups is 1. The highest BCUT2D eigenvalue weighted by molar-refractivity contribution is 6.30. The van der Waals surface area contributed by atoms with Crippen LogP contribution in [0.25, 0.3) is 17.1 Å². The van der Waals surface area contributed by atoms with E-state index in [4.69, 9.17) is 11.6 Å². The molecule has 0 saturated heterocycles. The quantitative estimate of drug-likeness (QED) is 0.350. The zero-order valence-electron chi connectivity index (χ0n) is 16.3. The molecule has 0 bridgehead atoms. The number of hydrogen-bond acceptors (Lipinski definition) is 5. The molecule has 0 saturated carbocycles. The van der Waals surface area contributed by atoms with Gasteiger partial charge in [0.05, 0.1) is 10.6 Å². The molecule has 0 spiro atoms. The average molecular weight is 434 g/mol. The number of nitro benzene ring substituents is 1. The normalized spacial score (nSPS) is 10.6. The van der Waals surface area contributed by atoms with E-state index in [0.717, 1.165) is 16.8 Å². The number of non-ortho nitro benzene ring substituents is 1. The number of rotatable bonds is 5. The number of carbonyl (C=O) groups is 1. The van der Waals surface area contributed by atoms with E-state index in [0.29, 0.717) is 10.8 Å². The largest absolute Gasteiger partial charge is 0.319 e. The molecule has 4 rings (SSSR count). The lowest BCUT2D eigenvalue weighted by Gasteiger charge is -2.08. The molecular formula is C22H16ClN5O3. The van der Waals surface area contributed by atoms with E-state index < -0.39 is 10.8 Å². The van der Waals surface area contributed by atoms with Crippen LogP contribution in [0.4, 0.5) is 11.4 Å². The van der Waals surface area contributed by atoms with Gasteiger partial charge in [-0.1, -0.05) is 35.9 Å². The van der Waals surface area contributed by atoms with Gasteiger partial charge >= 0.3 is 0 Å². The van der Waals surface area contributed by atoms with Gasteiger partial charge in [-0.25, -0.2) is 9.67 Å². The van der Waals surface area contributed by atoms with Gasteiger partial charge in [0.1, 0.15) is 0 Å². The Bertz CT molecular complexity index is 1280. The van der Waals surface area contributed by atoms with Crippen LogP contribution >= 0.6 is 11.6 Å². The van der Waals surface area contributed by atoms with Crippen LogP contribution in [0, 0.1) is 17.0 Å². The van der Waals surface area contributed by atoms with Crippen LogP contribution in [0.2, 0.25) is 5.02 Å². The van der Waals surface area contributed by atoms with Gasteiger partial charge in [-0.05, 0) is 48.9 Å². The molecule has 9 heteroatoms. The van der Waals surface area contributed by atoms with Gasteiger partial charge in [0.25, 0.3) is 11.6 Å². The number of nitrogens with one attached hydrogen (secondary N) is 1. The van der Waals surface area contributed by atoms with E-state index in [9.17, 15) is 14.9 Å². The summed E-state index contributed by atoms with van der Waals surface area (Å²) in [5.74, 6) is -0.182. The van der Waals surface area contributed by atoms with Gasteiger partial charge < -0.3 is 5.32 Å². The lowest BCUT2D eigenvalue weighted by Crippen LogP contribution is -2.14. The maximum atomic E-state index is 12.8. The third kappa shape index (κ3) is 4.29. The SMILES string of the molecule is Cc1ccccc1-n1nc(C(=O)Nc2cccc([N+](=O)[O-])c2)nc1-c1ccc(Cl)cc1. The maximum absolute atomic E-state index is 12.8. The smallest absolute Gasteiger partial charge is 0.295 e. The molecule has 0 radical (unpaired) electrons. The lowest BCUT2D eigenvalue weighted by molar-refractivity contribution is -0.384. The second-order valence-electron chi connectivity index (χ2n) is 6.73. The molecule has 1 heterocycles. The number of para-hydroxylation sites is 1. The predicted octanol–water partition coefficient (Wildman–Crippen LogP) is 5.06. The minimum absolute atomic E-state index is 0.0697. The molecule has 0 aliphatic carbocycles. The molecule has 1 N–H and O–H groups in total. The Hall–Kier alpha value is -4.04. The van der Waals surface area contributed by atoms with Crippen molar-refractivity contribution in [3.63, 3.8) is 0 Å². The summed E-state index contributed by atoms with van der Waals surface area (Å²) in [5.41, 5.74) is 2.61. The van der Waals surface area contributed by atoms with E-state index in [1.165, 1.54) is 18.2 Å². The predicted molar refractivity (Wildman–Crippen MR) is 118 cm³/mol. The minimum Gasteiger partial charge on any atom is -0.319 e. The number of benzene rings is 3. The summed E-state index contributed by atoms with van der Waals surface area (Å²) in [7, 11) is 0. The molecule has 3 aromatic carbocycles. The third-order valence-corrected chi connectivity index (χ3v) is 4.82. The molecular weight excluding hydrogens is 418 g/mol. The van der Waals surface area contributed by atoms with Crippen molar-refractivity contribution in [3.05, 3.63) is 99.3 Å². The van der Waals surface area contributed by atoms with E-state index in [1.807, 2.05) is 31.2 Å². The van der Waals surface area contributed by atoms with Crippen LogP contribution in [0.15, 0.2) is 72.8 Å². The Labute approximate surface area is 182 Å². The van der Waals surface area contributed by atoms with Crippen molar-refractivity contribution in [2.24, 2.45) is 0 Å². The summed E-state index contributed by atoms with van der Waals surface area (Å²) < 4.78 is 1.60. The van der Waals surface area contributed by atoms with E-state index in [2.05, 4.69) is 15.4 Å². The highest BCUT2D eigenvalue weighted by Gasteiger charge is 2.20. The molecule has 4 aromatic rings. The molecule has 0 fully saturated rings. The number of amides is 1. The fourth-order valence-electron chi connectivity index (χ4n) is 3.05. The molecule has 1 amide bonds. The highest BCUT2D eigenvalue weighted by Crippen LogP contribution is 2.25. The Kier molecular flexibility index (Phi) is 5.46. The van der Waals surface area contributed by atoms with Crippen LogP contribution in [0.5, 0.6) is 0 Å². The molecule has 0 aliphatic rings. The second-order valence-corrected chi connectivity index (χ2v) is 7.16. The lowest BCUT2D eigenvalue weighted by atomic mass is 10.2. The Balaban J connectivity index is 1.75. The van der Waals surface area contributed by atoms with Crippen LogP contribution in [0.1, 0.15) is 16.2 Å². The first-order valence-corrected chi connectivity index (χ1v) is 9.65. The summed E-state index contributed by atoms with van der Waals surface area (Å²) in [6, 6.07) is 20.3. The fourth-order valence-corrected chi connectivity index (χ4v) is 3.17. The summed E-state index contributed by atoms with van der Waals surface area (Å²) in [4.78, 5) is 27.7. The summed E-state index contributed by atoms with van der Waals surface area (Å²) in [5, 5.41) is 18.6. The average Bonchev–Trinajstić information content (AvgIpc) is 3.20. The molecule has 8 nitrogen and oxygen atoms in total. The van der Waals surface area contributed by atoms with Crippen molar-refractivity contribution in [2.75, 3.05) is 5.32 Å². The number of aryl methyl sites for hydroxylation is 1. The van der Waals surface area contributed by atoms with E-state index >= 15 is 0 Å². The zero-order valence-corrected chi connectivity index (χ0v) is 17.1. The van der Waals surface area contributed by atoms with Crippen LogP contribution in [-0.2, 0) is 0 Å². The van der Waals surface area contributed by atoms with Crippen LogP contribution in [-0.4, -0.2) is 25.6 Å². The van der Waals surface area contributed by atoms with Gasteiger partial charge in [0, 0.05) is 28.4 Å². The molecule has 0 unspecified atom stereocenters. The topological polar surface area (TPSA) is 103 Å². The highest BCUT2D eigenvalue weighted by atomic mass is 35.5. The Morgan fingerprint density at radius 3 is 2.52 bits per heavy atom. The first-order valence-electron chi connectivity index (χ1n) is 9.27. The number of carbonyl (C=O) groups excluding carboxylic acids is 1. The van der Waals surface area contributed by atoms with Crippen molar-refractivity contribution < 1.29 is 9.72 Å².